The summed E-state index contributed by atoms with van der Waals surface area (Å²) in [5.74, 6) is -0.837. The lowest BCUT2D eigenvalue weighted by atomic mass is 9.95. The maximum atomic E-state index is 12.8. The quantitative estimate of drug-likeness (QED) is 0.224. The van der Waals surface area contributed by atoms with Crippen LogP contribution in [0.2, 0.25) is 0 Å². The smallest absolute Gasteiger partial charge is 0.407 e. The van der Waals surface area contributed by atoms with Gasteiger partial charge in [0.2, 0.25) is 5.91 Å². The van der Waals surface area contributed by atoms with Crippen molar-refractivity contribution in [3.8, 4) is 0 Å². The number of ether oxygens (including phenoxy) is 1. The monoisotopic (exact) mass is 544 g/mol. The minimum Gasteiger partial charge on any atom is -0.480 e. The number of anilines is 2. The number of unbranched alkanes of at least 4 members (excludes halogenated alkanes) is 5. The predicted octanol–water partition coefficient (Wildman–Crippen LogP) is 3.32. The molecule has 39 heavy (non-hydrogen) atoms. The third-order valence-corrected chi connectivity index (χ3v) is 7.04. The van der Waals surface area contributed by atoms with Crippen LogP contribution >= 0.6 is 0 Å². The Kier molecular flexibility index (Phi) is 12.7. The van der Waals surface area contributed by atoms with Crippen molar-refractivity contribution in [2.24, 2.45) is 10.9 Å². The summed E-state index contributed by atoms with van der Waals surface area (Å²) in [6.07, 6.45) is 7.93. The summed E-state index contributed by atoms with van der Waals surface area (Å²) in [6.45, 7) is 5.37. The van der Waals surface area contributed by atoms with Gasteiger partial charge in [-0.2, -0.15) is 0 Å². The summed E-state index contributed by atoms with van der Waals surface area (Å²) in [6, 6.07) is 6.88. The first-order valence-corrected chi connectivity index (χ1v) is 14.3. The van der Waals surface area contributed by atoms with Crippen molar-refractivity contribution in [3.05, 3.63) is 24.3 Å². The van der Waals surface area contributed by atoms with E-state index >= 15 is 0 Å². The van der Waals surface area contributed by atoms with Crippen molar-refractivity contribution in [1.29, 1.82) is 0 Å². The van der Waals surface area contributed by atoms with Crippen molar-refractivity contribution >= 4 is 35.3 Å². The molecule has 0 saturated carbocycles. The van der Waals surface area contributed by atoms with Gasteiger partial charge in [0.15, 0.2) is 5.96 Å². The SMILES string of the molecule is CCCCCCCCOC(=O)N[C@@H](CNC(=O)C1CCN(c2cccc(NC3=NCCCN3)c2)CC1)C(=O)O. The average Bonchev–Trinajstić information content (AvgIpc) is 2.95. The van der Waals surface area contributed by atoms with E-state index in [1.807, 2.05) is 12.1 Å². The number of aliphatic carboxylic acids is 1. The number of hydrogen-bond donors (Lipinski definition) is 5. The zero-order valence-corrected chi connectivity index (χ0v) is 23.0. The van der Waals surface area contributed by atoms with Crippen molar-refractivity contribution < 1.29 is 24.2 Å². The summed E-state index contributed by atoms with van der Waals surface area (Å²) >= 11 is 0. The van der Waals surface area contributed by atoms with E-state index in [2.05, 4.69) is 50.2 Å². The summed E-state index contributed by atoms with van der Waals surface area (Å²) in [5, 5.41) is 21.1. The van der Waals surface area contributed by atoms with Crippen molar-refractivity contribution in [2.45, 2.75) is 70.8 Å². The minimum atomic E-state index is -1.25. The van der Waals surface area contributed by atoms with E-state index in [9.17, 15) is 19.5 Å². The zero-order chi connectivity index (χ0) is 27.9. The molecule has 3 rings (SSSR count). The number of carboxylic acids is 1. The Labute approximate surface area is 231 Å². The Balaban J connectivity index is 1.37. The molecule has 0 bridgehead atoms. The second-order valence-corrected chi connectivity index (χ2v) is 10.1. The van der Waals surface area contributed by atoms with Gasteiger partial charge in [-0.1, -0.05) is 45.1 Å². The molecular weight excluding hydrogens is 500 g/mol. The third-order valence-electron chi connectivity index (χ3n) is 7.04. The van der Waals surface area contributed by atoms with Gasteiger partial charge in [0, 0.05) is 50.0 Å². The number of carboxylic acid groups (broad SMARTS) is 1. The Morgan fingerprint density at radius 3 is 2.64 bits per heavy atom. The van der Waals surface area contributed by atoms with Gasteiger partial charge in [0.05, 0.1) is 6.61 Å². The van der Waals surface area contributed by atoms with Gasteiger partial charge in [-0.25, -0.2) is 9.59 Å². The molecule has 1 saturated heterocycles. The Hall–Kier alpha value is -3.50. The van der Waals surface area contributed by atoms with Gasteiger partial charge in [-0.3, -0.25) is 9.79 Å². The second kappa shape index (κ2) is 16.5. The molecule has 11 nitrogen and oxygen atoms in total. The number of rotatable bonds is 14. The molecule has 0 aliphatic carbocycles. The Bertz CT molecular complexity index is 964. The molecule has 0 aromatic heterocycles. The van der Waals surface area contributed by atoms with Gasteiger partial charge in [0.1, 0.15) is 6.04 Å². The second-order valence-electron chi connectivity index (χ2n) is 10.1. The highest BCUT2D eigenvalue weighted by Crippen LogP contribution is 2.25. The highest BCUT2D eigenvalue weighted by atomic mass is 16.5. The molecule has 2 amide bonds. The first-order valence-electron chi connectivity index (χ1n) is 14.3. The van der Waals surface area contributed by atoms with Gasteiger partial charge >= 0.3 is 12.1 Å². The lowest BCUT2D eigenvalue weighted by Gasteiger charge is -2.33. The average molecular weight is 545 g/mol. The van der Waals surface area contributed by atoms with Crippen LogP contribution in [0.5, 0.6) is 0 Å². The Morgan fingerprint density at radius 1 is 1.15 bits per heavy atom. The number of carbonyl (C=O) groups excluding carboxylic acids is 2. The fourth-order valence-electron chi connectivity index (χ4n) is 4.71. The molecule has 1 atom stereocenters. The topological polar surface area (TPSA) is 144 Å². The van der Waals surface area contributed by atoms with E-state index in [-0.39, 0.29) is 25.0 Å². The molecule has 0 radical (unpaired) electrons. The normalized spacial score (nSPS) is 16.4. The number of hydrogen-bond acceptors (Lipinski definition) is 8. The summed E-state index contributed by atoms with van der Waals surface area (Å²) < 4.78 is 5.11. The number of piperidine rings is 1. The van der Waals surface area contributed by atoms with Crippen LogP contribution in [0.3, 0.4) is 0 Å². The molecular formula is C28H44N6O5. The fourth-order valence-corrected chi connectivity index (χ4v) is 4.71. The molecule has 2 aliphatic heterocycles. The molecule has 11 heteroatoms. The number of guanidine groups is 1. The molecule has 2 aliphatic rings. The maximum absolute atomic E-state index is 12.8. The fraction of sp³-hybridized carbons (Fsp3) is 0.643. The van der Waals surface area contributed by atoms with Crippen LogP contribution in [-0.2, 0) is 14.3 Å². The standard InChI is InChI=1S/C28H44N6O5/c1-2-3-4-5-6-7-18-39-28(38)33-24(26(36)37)20-31-25(35)21-12-16-34(17-13-21)23-11-8-10-22(19-23)32-27-29-14-9-15-30-27/h8,10-11,19,21,24H,2-7,9,12-18,20H2,1H3,(H,31,35)(H,33,38)(H,36,37)(H2,29,30,32)/t24-/m0/s1. The van der Waals surface area contributed by atoms with E-state index in [1.54, 1.807) is 0 Å². The number of carbonyl (C=O) groups is 3. The lowest BCUT2D eigenvalue weighted by Crippen LogP contribution is -2.50. The van der Waals surface area contributed by atoms with Gasteiger partial charge in [-0.15, -0.1) is 0 Å². The van der Waals surface area contributed by atoms with Gasteiger partial charge in [-0.05, 0) is 43.9 Å². The van der Waals surface area contributed by atoms with E-state index in [0.717, 1.165) is 56.1 Å². The molecule has 1 aromatic carbocycles. The molecule has 216 valence electrons. The third kappa shape index (κ3) is 10.6. The van der Waals surface area contributed by atoms with Crippen LogP contribution < -0.4 is 26.2 Å². The summed E-state index contributed by atoms with van der Waals surface area (Å²) in [4.78, 5) is 43.1. The van der Waals surface area contributed by atoms with Crippen LogP contribution in [0.1, 0.15) is 64.7 Å². The van der Waals surface area contributed by atoms with Gasteiger partial charge < -0.3 is 36.0 Å². The van der Waals surface area contributed by atoms with E-state index < -0.39 is 18.1 Å². The zero-order valence-electron chi connectivity index (χ0n) is 23.0. The molecule has 2 heterocycles. The molecule has 1 fully saturated rings. The molecule has 0 unspecified atom stereocenters. The van der Waals surface area contributed by atoms with E-state index in [1.165, 1.54) is 19.3 Å². The molecule has 5 N–H and O–H groups in total. The lowest BCUT2D eigenvalue weighted by molar-refractivity contribution is -0.139. The molecule has 0 spiro atoms. The number of amides is 2. The predicted molar refractivity (Wildman–Crippen MR) is 152 cm³/mol. The van der Waals surface area contributed by atoms with Crippen molar-refractivity contribution in [3.63, 3.8) is 0 Å². The first kappa shape index (κ1) is 30.0. The number of nitrogens with zero attached hydrogens (tertiary/aromatic N) is 2. The molecule has 1 aromatic rings. The van der Waals surface area contributed by atoms with Crippen molar-refractivity contribution in [2.75, 3.05) is 49.5 Å². The number of benzene rings is 1. The summed E-state index contributed by atoms with van der Waals surface area (Å²) in [5.41, 5.74) is 2.03. The number of aliphatic imine (C=N–C) groups is 1. The highest BCUT2D eigenvalue weighted by Gasteiger charge is 2.27. The largest absolute Gasteiger partial charge is 0.480 e. The number of alkyl carbamates (subject to hydrolysis) is 1. The van der Waals surface area contributed by atoms with Crippen LogP contribution in [0, 0.1) is 5.92 Å². The van der Waals surface area contributed by atoms with Crippen molar-refractivity contribution in [1.82, 2.24) is 16.0 Å². The number of nitrogens with one attached hydrogen (secondary N) is 4. The van der Waals surface area contributed by atoms with Gasteiger partial charge in [0.25, 0.3) is 0 Å². The maximum Gasteiger partial charge on any atom is 0.407 e. The van der Waals surface area contributed by atoms with Crippen LogP contribution in [0.4, 0.5) is 16.2 Å². The van der Waals surface area contributed by atoms with E-state index in [0.29, 0.717) is 25.9 Å². The van der Waals surface area contributed by atoms with Crippen LogP contribution in [0.25, 0.3) is 0 Å². The van der Waals surface area contributed by atoms with Crippen LogP contribution in [0.15, 0.2) is 29.3 Å². The van der Waals surface area contributed by atoms with Crippen LogP contribution in [-0.4, -0.2) is 74.4 Å². The summed E-state index contributed by atoms with van der Waals surface area (Å²) in [7, 11) is 0. The minimum absolute atomic E-state index is 0.188. The first-order chi connectivity index (χ1) is 19.0. The highest BCUT2D eigenvalue weighted by molar-refractivity contribution is 5.94. The van der Waals surface area contributed by atoms with E-state index in [4.69, 9.17) is 4.74 Å². The Morgan fingerprint density at radius 2 is 1.92 bits per heavy atom.